The molecule has 1 aromatic heterocycles. The van der Waals surface area contributed by atoms with Crippen LogP contribution in [0.4, 0.5) is 14.5 Å². The number of nitrogens with zero attached hydrogens (tertiary/aromatic N) is 1. The van der Waals surface area contributed by atoms with Gasteiger partial charge in [0.25, 0.3) is 5.91 Å². The van der Waals surface area contributed by atoms with Gasteiger partial charge in [-0.05, 0) is 30.7 Å². The van der Waals surface area contributed by atoms with Crippen molar-refractivity contribution in [2.75, 3.05) is 12.8 Å². The van der Waals surface area contributed by atoms with Crippen molar-refractivity contribution in [2.24, 2.45) is 0 Å². The summed E-state index contributed by atoms with van der Waals surface area (Å²) in [6.45, 7) is 1.73. The molecular formula is C14H15F2N3O. The van der Waals surface area contributed by atoms with E-state index in [1.807, 2.05) is 0 Å². The van der Waals surface area contributed by atoms with Crippen molar-refractivity contribution < 1.29 is 13.6 Å². The van der Waals surface area contributed by atoms with Gasteiger partial charge in [-0.2, -0.15) is 0 Å². The van der Waals surface area contributed by atoms with Gasteiger partial charge in [0.05, 0.1) is 6.04 Å². The molecule has 0 spiro atoms. The summed E-state index contributed by atoms with van der Waals surface area (Å²) in [5, 5.41) is 0. The van der Waals surface area contributed by atoms with Crippen LogP contribution in [-0.2, 0) is 0 Å². The molecule has 3 N–H and O–H groups in total. The first kappa shape index (κ1) is 14.0. The van der Waals surface area contributed by atoms with Gasteiger partial charge in [0, 0.05) is 18.9 Å². The molecular weight excluding hydrogens is 264 g/mol. The van der Waals surface area contributed by atoms with Gasteiger partial charge in [-0.15, -0.1) is 0 Å². The van der Waals surface area contributed by atoms with Crippen LogP contribution in [0.2, 0.25) is 0 Å². The van der Waals surface area contributed by atoms with E-state index < -0.39 is 17.7 Å². The highest BCUT2D eigenvalue weighted by Gasteiger charge is 2.20. The first-order valence-corrected chi connectivity index (χ1v) is 6.06. The number of hydrogen-bond donors (Lipinski definition) is 2. The third-order valence-corrected chi connectivity index (χ3v) is 3.26. The van der Waals surface area contributed by atoms with E-state index in [0.717, 1.165) is 12.1 Å². The van der Waals surface area contributed by atoms with E-state index in [2.05, 4.69) is 4.98 Å². The zero-order chi connectivity index (χ0) is 14.9. The van der Waals surface area contributed by atoms with Crippen molar-refractivity contribution in [3.05, 3.63) is 53.4 Å². The lowest BCUT2D eigenvalue weighted by molar-refractivity contribution is 0.0737. The first-order chi connectivity index (χ1) is 9.40. The monoisotopic (exact) mass is 279 g/mol. The highest BCUT2D eigenvalue weighted by Crippen LogP contribution is 2.22. The Balaban J connectivity index is 2.21. The zero-order valence-corrected chi connectivity index (χ0v) is 11.2. The number of rotatable bonds is 3. The Bertz CT molecular complexity index is 639. The number of benzene rings is 1. The van der Waals surface area contributed by atoms with Gasteiger partial charge in [-0.3, -0.25) is 4.79 Å². The molecule has 0 bridgehead atoms. The summed E-state index contributed by atoms with van der Waals surface area (Å²) >= 11 is 0. The maximum absolute atomic E-state index is 13.2. The maximum Gasteiger partial charge on any atom is 0.270 e. The van der Waals surface area contributed by atoms with Crippen molar-refractivity contribution in [2.45, 2.75) is 13.0 Å². The second-order valence-corrected chi connectivity index (χ2v) is 4.61. The van der Waals surface area contributed by atoms with Crippen LogP contribution in [0.25, 0.3) is 0 Å². The Morgan fingerprint density at radius 2 is 2.00 bits per heavy atom. The van der Waals surface area contributed by atoms with E-state index in [-0.39, 0.29) is 5.91 Å². The summed E-state index contributed by atoms with van der Waals surface area (Å²) in [4.78, 5) is 16.4. The van der Waals surface area contributed by atoms with Gasteiger partial charge in [-0.1, -0.05) is 6.07 Å². The molecule has 2 aromatic rings. The number of nitrogens with two attached hydrogens (primary N) is 1. The number of amides is 1. The number of carbonyl (C=O) groups excluding carboxylic acids is 1. The highest BCUT2D eigenvalue weighted by atomic mass is 19.2. The van der Waals surface area contributed by atoms with Crippen molar-refractivity contribution >= 4 is 11.6 Å². The number of halogens is 2. The van der Waals surface area contributed by atoms with Crippen LogP contribution >= 0.6 is 0 Å². The molecule has 106 valence electrons. The quantitative estimate of drug-likeness (QED) is 0.907. The Morgan fingerprint density at radius 1 is 1.30 bits per heavy atom. The third kappa shape index (κ3) is 2.64. The van der Waals surface area contributed by atoms with E-state index in [1.165, 1.54) is 23.2 Å². The molecule has 0 aliphatic heterocycles. The maximum atomic E-state index is 13.2. The highest BCUT2D eigenvalue weighted by molar-refractivity contribution is 5.93. The Kier molecular flexibility index (Phi) is 3.74. The molecule has 4 nitrogen and oxygen atoms in total. The smallest absolute Gasteiger partial charge is 0.270 e. The van der Waals surface area contributed by atoms with Crippen molar-refractivity contribution in [1.29, 1.82) is 0 Å². The third-order valence-electron chi connectivity index (χ3n) is 3.26. The van der Waals surface area contributed by atoms with Crippen LogP contribution in [0.15, 0.2) is 30.5 Å². The molecule has 20 heavy (non-hydrogen) atoms. The molecule has 1 aromatic carbocycles. The van der Waals surface area contributed by atoms with Gasteiger partial charge >= 0.3 is 0 Å². The van der Waals surface area contributed by atoms with E-state index in [0.29, 0.717) is 16.9 Å². The molecule has 1 heterocycles. The Labute approximate surface area is 115 Å². The Hall–Kier alpha value is -2.37. The number of nitrogen functional groups attached to an aromatic ring is 1. The molecule has 0 radical (unpaired) electrons. The lowest BCUT2D eigenvalue weighted by Crippen LogP contribution is -2.30. The summed E-state index contributed by atoms with van der Waals surface area (Å²) in [5.74, 6) is -2.12. The van der Waals surface area contributed by atoms with E-state index in [4.69, 9.17) is 5.73 Å². The minimum atomic E-state index is -0.931. The first-order valence-electron chi connectivity index (χ1n) is 6.06. The van der Waals surface area contributed by atoms with E-state index in [9.17, 15) is 13.6 Å². The Morgan fingerprint density at radius 3 is 2.55 bits per heavy atom. The zero-order valence-electron chi connectivity index (χ0n) is 11.2. The number of H-pyrrole nitrogens is 1. The molecule has 2 rings (SSSR count). The lowest BCUT2D eigenvalue weighted by Gasteiger charge is -2.25. The minimum absolute atomic E-state index is 0.279. The molecule has 0 saturated carbocycles. The van der Waals surface area contributed by atoms with Crippen molar-refractivity contribution in [1.82, 2.24) is 9.88 Å². The van der Waals surface area contributed by atoms with E-state index >= 15 is 0 Å². The number of aromatic nitrogens is 1. The predicted octanol–water partition coefficient (Wildman–Crippen LogP) is 2.71. The molecule has 1 unspecified atom stereocenters. The van der Waals surface area contributed by atoms with Gasteiger partial charge in [-0.25, -0.2) is 8.78 Å². The second-order valence-electron chi connectivity index (χ2n) is 4.61. The van der Waals surface area contributed by atoms with E-state index in [1.54, 1.807) is 14.0 Å². The summed E-state index contributed by atoms with van der Waals surface area (Å²) in [7, 11) is 1.59. The number of hydrogen-bond acceptors (Lipinski definition) is 2. The fourth-order valence-corrected chi connectivity index (χ4v) is 1.90. The molecule has 0 aliphatic carbocycles. The topological polar surface area (TPSA) is 62.1 Å². The van der Waals surface area contributed by atoms with Crippen LogP contribution in [-0.4, -0.2) is 22.8 Å². The summed E-state index contributed by atoms with van der Waals surface area (Å²) in [5.41, 5.74) is 6.87. The van der Waals surface area contributed by atoms with Gasteiger partial charge in [0.2, 0.25) is 0 Å². The van der Waals surface area contributed by atoms with Crippen LogP contribution in [0.3, 0.4) is 0 Å². The minimum Gasteiger partial charge on any atom is -0.397 e. The SMILES string of the molecule is CC(c1ccc(F)c(F)c1)N(C)C(=O)c1cc(N)c[nH]1. The van der Waals surface area contributed by atoms with Crippen LogP contribution < -0.4 is 5.73 Å². The van der Waals surface area contributed by atoms with Crippen LogP contribution in [0.1, 0.15) is 29.0 Å². The predicted molar refractivity (Wildman–Crippen MR) is 72.1 cm³/mol. The summed E-state index contributed by atoms with van der Waals surface area (Å²) in [6.07, 6.45) is 1.52. The lowest BCUT2D eigenvalue weighted by atomic mass is 10.1. The summed E-state index contributed by atoms with van der Waals surface area (Å²) < 4.78 is 26.1. The fourth-order valence-electron chi connectivity index (χ4n) is 1.90. The number of anilines is 1. The van der Waals surface area contributed by atoms with Crippen LogP contribution in [0, 0.1) is 11.6 Å². The normalized spacial score (nSPS) is 12.2. The number of carbonyl (C=O) groups is 1. The number of nitrogens with one attached hydrogen (secondary N) is 1. The second kappa shape index (κ2) is 5.32. The molecule has 0 aliphatic rings. The van der Waals surface area contributed by atoms with Gasteiger partial charge < -0.3 is 15.6 Å². The summed E-state index contributed by atoms with van der Waals surface area (Å²) in [6, 6.07) is 4.72. The number of aromatic amines is 1. The average Bonchev–Trinajstić information content (AvgIpc) is 2.86. The largest absolute Gasteiger partial charge is 0.397 e. The van der Waals surface area contributed by atoms with Crippen molar-refractivity contribution in [3.63, 3.8) is 0 Å². The molecule has 0 fully saturated rings. The standard InChI is InChI=1S/C14H15F2N3O/c1-8(9-3-4-11(15)12(16)5-9)19(2)14(20)13-6-10(17)7-18-13/h3-8,18H,17H2,1-2H3. The molecule has 1 atom stereocenters. The average molecular weight is 279 g/mol. The molecule has 0 saturated heterocycles. The fraction of sp³-hybridized carbons (Fsp3) is 0.214. The van der Waals surface area contributed by atoms with Gasteiger partial charge in [0.15, 0.2) is 11.6 Å². The van der Waals surface area contributed by atoms with Crippen molar-refractivity contribution in [3.8, 4) is 0 Å². The van der Waals surface area contributed by atoms with Gasteiger partial charge in [0.1, 0.15) is 5.69 Å². The molecule has 1 amide bonds. The van der Waals surface area contributed by atoms with Crippen LogP contribution in [0.5, 0.6) is 0 Å². The molecule has 6 heteroatoms.